The molecule has 7 nitrogen and oxygen atoms in total. The van der Waals surface area contributed by atoms with Crippen molar-refractivity contribution >= 4 is 6.03 Å². The first-order valence-corrected chi connectivity index (χ1v) is 9.25. The van der Waals surface area contributed by atoms with Crippen LogP contribution in [0.4, 0.5) is 4.79 Å². The fourth-order valence-corrected chi connectivity index (χ4v) is 4.18. The molecule has 2 aliphatic carbocycles. The summed E-state index contributed by atoms with van der Waals surface area (Å²) in [5.41, 5.74) is -0.461. The summed E-state index contributed by atoms with van der Waals surface area (Å²) in [7, 11) is 0. The van der Waals surface area contributed by atoms with Crippen LogP contribution in [0.25, 0.3) is 0 Å². The van der Waals surface area contributed by atoms with Gasteiger partial charge in [0, 0.05) is 26.1 Å². The molecule has 1 saturated heterocycles. The lowest BCUT2D eigenvalue weighted by Crippen LogP contribution is -2.50. The Morgan fingerprint density at radius 1 is 1.33 bits per heavy atom. The number of likely N-dealkylation sites (tertiary alicyclic amines) is 1. The number of hydrogen-bond acceptors (Lipinski definition) is 5. The van der Waals surface area contributed by atoms with E-state index in [1.54, 1.807) is 6.92 Å². The summed E-state index contributed by atoms with van der Waals surface area (Å²) < 4.78 is 5.13. The number of rotatable bonds is 5. The first kappa shape index (κ1) is 15.9. The lowest BCUT2D eigenvalue weighted by atomic mass is 9.97. The zero-order chi connectivity index (χ0) is 16.6. The molecule has 3 fully saturated rings. The highest BCUT2D eigenvalue weighted by molar-refractivity contribution is 5.75. The van der Waals surface area contributed by atoms with Gasteiger partial charge in [-0.2, -0.15) is 4.98 Å². The van der Waals surface area contributed by atoms with Crippen LogP contribution in [-0.4, -0.2) is 46.7 Å². The molecule has 2 N–H and O–H groups in total. The maximum atomic E-state index is 12.4. The van der Waals surface area contributed by atoms with E-state index in [-0.39, 0.29) is 6.03 Å². The molecule has 1 unspecified atom stereocenters. The molecule has 0 spiro atoms. The zero-order valence-electron chi connectivity index (χ0n) is 14.4. The normalized spacial score (nSPS) is 26.6. The average molecular weight is 333 g/mol. The van der Waals surface area contributed by atoms with Crippen molar-refractivity contribution in [2.75, 3.05) is 19.6 Å². The Morgan fingerprint density at radius 2 is 2.12 bits per heavy atom. The van der Waals surface area contributed by atoms with Crippen molar-refractivity contribution in [2.45, 2.75) is 63.5 Å². The van der Waals surface area contributed by atoms with Crippen molar-refractivity contribution in [3.8, 4) is 0 Å². The van der Waals surface area contributed by atoms with Crippen LogP contribution < -0.4 is 10.6 Å². The molecule has 132 valence electrons. The Morgan fingerprint density at radius 3 is 2.79 bits per heavy atom. The van der Waals surface area contributed by atoms with Crippen LogP contribution in [0.15, 0.2) is 4.52 Å². The van der Waals surface area contributed by atoms with E-state index in [0.29, 0.717) is 17.6 Å². The molecule has 2 heterocycles. The minimum Gasteiger partial charge on any atom is -0.340 e. The minimum atomic E-state index is -0.461. The Balaban J connectivity index is 1.31. The van der Waals surface area contributed by atoms with E-state index >= 15 is 0 Å². The highest BCUT2D eigenvalue weighted by atomic mass is 16.5. The third-order valence-electron chi connectivity index (χ3n) is 5.70. The molecular weight excluding hydrogens is 306 g/mol. The Kier molecular flexibility index (Phi) is 4.20. The molecule has 2 amide bonds. The second kappa shape index (κ2) is 6.35. The topological polar surface area (TPSA) is 83.3 Å². The van der Waals surface area contributed by atoms with E-state index < -0.39 is 5.54 Å². The number of hydrogen-bond donors (Lipinski definition) is 2. The largest absolute Gasteiger partial charge is 0.340 e. The zero-order valence-corrected chi connectivity index (χ0v) is 14.4. The van der Waals surface area contributed by atoms with E-state index in [1.807, 2.05) is 0 Å². The number of aromatic nitrogens is 2. The van der Waals surface area contributed by atoms with E-state index in [0.717, 1.165) is 44.8 Å². The molecule has 0 bridgehead atoms. The fraction of sp³-hybridized carbons (Fsp3) is 0.824. The lowest BCUT2D eigenvalue weighted by Gasteiger charge is -2.27. The average Bonchev–Trinajstić information content (AvgIpc) is 2.98. The van der Waals surface area contributed by atoms with Crippen LogP contribution in [-0.2, 0) is 5.54 Å². The molecule has 3 aliphatic rings. The van der Waals surface area contributed by atoms with Gasteiger partial charge >= 0.3 is 6.03 Å². The van der Waals surface area contributed by atoms with Gasteiger partial charge in [0.2, 0.25) is 5.89 Å². The second-order valence-corrected chi connectivity index (χ2v) is 7.64. The van der Waals surface area contributed by atoms with Gasteiger partial charge in [0.25, 0.3) is 0 Å². The minimum absolute atomic E-state index is 0.107. The molecule has 1 atom stereocenters. The molecule has 1 aromatic heterocycles. The van der Waals surface area contributed by atoms with Crippen LogP contribution in [0, 0.1) is 12.8 Å². The third-order valence-corrected chi connectivity index (χ3v) is 5.70. The summed E-state index contributed by atoms with van der Waals surface area (Å²) in [6.45, 7) is 4.84. The smallest absolute Gasteiger partial charge is 0.315 e. The predicted octanol–water partition coefficient (Wildman–Crippen LogP) is 1.93. The summed E-state index contributed by atoms with van der Waals surface area (Å²) in [4.78, 5) is 19.4. The van der Waals surface area contributed by atoms with Crippen molar-refractivity contribution in [2.24, 2.45) is 5.92 Å². The van der Waals surface area contributed by atoms with Gasteiger partial charge in [-0.1, -0.05) is 18.0 Å². The number of nitrogens with zero attached hydrogens (tertiary/aromatic N) is 3. The Labute approximate surface area is 142 Å². The molecule has 0 radical (unpaired) electrons. The van der Waals surface area contributed by atoms with Crippen LogP contribution in [0.5, 0.6) is 0 Å². The molecule has 1 aliphatic heterocycles. The first-order valence-electron chi connectivity index (χ1n) is 9.25. The van der Waals surface area contributed by atoms with Gasteiger partial charge in [-0.05, 0) is 44.6 Å². The second-order valence-electron chi connectivity index (χ2n) is 7.64. The summed E-state index contributed by atoms with van der Waals surface area (Å²) in [5, 5.41) is 10.3. The van der Waals surface area contributed by atoms with Gasteiger partial charge in [-0.3, -0.25) is 0 Å². The molecule has 0 aromatic carbocycles. The Hall–Kier alpha value is -1.63. The van der Waals surface area contributed by atoms with Crippen LogP contribution >= 0.6 is 0 Å². The van der Waals surface area contributed by atoms with Crippen molar-refractivity contribution in [3.63, 3.8) is 0 Å². The highest BCUT2D eigenvalue weighted by Crippen LogP contribution is 2.37. The van der Waals surface area contributed by atoms with Crippen molar-refractivity contribution in [3.05, 3.63) is 11.7 Å². The van der Waals surface area contributed by atoms with Crippen molar-refractivity contribution in [1.82, 2.24) is 25.7 Å². The molecule has 24 heavy (non-hydrogen) atoms. The number of carbonyl (C=O) groups is 1. The fourth-order valence-electron chi connectivity index (χ4n) is 4.18. The number of carbonyl (C=O) groups excluding carboxylic acids is 1. The van der Waals surface area contributed by atoms with E-state index in [9.17, 15) is 4.79 Å². The quantitative estimate of drug-likeness (QED) is 0.860. The maximum Gasteiger partial charge on any atom is 0.315 e. The third kappa shape index (κ3) is 3.27. The highest BCUT2D eigenvalue weighted by Gasteiger charge is 2.41. The first-order chi connectivity index (χ1) is 11.6. The van der Waals surface area contributed by atoms with E-state index in [4.69, 9.17) is 4.52 Å². The van der Waals surface area contributed by atoms with Gasteiger partial charge in [0.05, 0.1) is 0 Å². The van der Waals surface area contributed by atoms with Crippen LogP contribution in [0.3, 0.4) is 0 Å². The SMILES string of the molecule is Cc1nc(C2(NC(=O)NCC3CCN(C4CC4)C3)CCCC2)no1. The number of nitrogens with one attached hydrogen (secondary N) is 2. The van der Waals surface area contributed by atoms with Gasteiger partial charge < -0.3 is 20.1 Å². The Bertz CT molecular complexity index is 592. The van der Waals surface area contributed by atoms with Crippen molar-refractivity contribution < 1.29 is 9.32 Å². The van der Waals surface area contributed by atoms with Gasteiger partial charge in [0.15, 0.2) is 5.82 Å². The molecule has 4 rings (SSSR count). The van der Waals surface area contributed by atoms with E-state index in [1.165, 1.54) is 25.8 Å². The molecule has 7 heteroatoms. The summed E-state index contributed by atoms with van der Waals surface area (Å²) in [6.07, 6.45) is 7.79. The summed E-state index contributed by atoms with van der Waals surface area (Å²) in [5.74, 6) is 1.74. The molecular formula is C17H27N5O2. The summed E-state index contributed by atoms with van der Waals surface area (Å²) >= 11 is 0. The van der Waals surface area contributed by atoms with Crippen molar-refractivity contribution in [1.29, 1.82) is 0 Å². The molecule has 1 aromatic rings. The van der Waals surface area contributed by atoms with E-state index in [2.05, 4.69) is 25.7 Å². The number of urea groups is 1. The van der Waals surface area contributed by atoms with Gasteiger partial charge in [0.1, 0.15) is 5.54 Å². The van der Waals surface area contributed by atoms with Gasteiger partial charge in [-0.25, -0.2) is 4.79 Å². The summed E-state index contributed by atoms with van der Waals surface area (Å²) in [6, 6.07) is 0.719. The molecule has 2 saturated carbocycles. The monoisotopic (exact) mass is 333 g/mol. The van der Waals surface area contributed by atoms with Gasteiger partial charge in [-0.15, -0.1) is 0 Å². The van der Waals surface area contributed by atoms with Crippen LogP contribution in [0.2, 0.25) is 0 Å². The van der Waals surface area contributed by atoms with Crippen LogP contribution in [0.1, 0.15) is 56.7 Å². The number of aryl methyl sites for hydroxylation is 1. The predicted molar refractivity (Wildman–Crippen MR) is 88.4 cm³/mol. The number of amides is 2. The lowest BCUT2D eigenvalue weighted by molar-refractivity contribution is 0.218. The standard InChI is InChI=1S/C17H27N5O2/c1-12-19-15(21-24-12)17(7-2-3-8-17)20-16(23)18-10-13-6-9-22(11-13)14-4-5-14/h13-14H,2-11H2,1H3,(H2,18,20,23). The maximum absolute atomic E-state index is 12.4.